The van der Waals surface area contributed by atoms with Crippen molar-refractivity contribution in [2.75, 3.05) is 24.7 Å². The lowest BCUT2D eigenvalue weighted by Gasteiger charge is -2.39. The number of hydrogen-bond acceptors (Lipinski definition) is 3. The van der Waals surface area contributed by atoms with E-state index in [-0.39, 0.29) is 22.9 Å². The first-order valence-corrected chi connectivity index (χ1v) is 7.72. The minimum absolute atomic E-state index is 0.0145. The van der Waals surface area contributed by atoms with Gasteiger partial charge in [0.15, 0.2) is 0 Å². The van der Waals surface area contributed by atoms with E-state index >= 15 is 0 Å². The zero-order valence-electron chi connectivity index (χ0n) is 10.4. The van der Waals surface area contributed by atoms with Crippen molar-refractivity contribution in [3.63, 3.8) is 0 Å². The normalized spacial score (nSPS) is 38.4. The molecular formula is C12H20ClNO2S. The van der Waals surface area contributed by atoms with Crippen molar-refractivity contribution in [3.05, 3.63) is 0 Å². The highest BCUT2D eigenvalue weighted by molar-refractivity contribution is 8.01. The number of alkyl halides is 1. The monoisotopic (exact) mass is 277 g/mol. The van der Waals surface area contributed by atoms with E-state index in [1.807, 2.05) is 11.8 Å². The molecule has 2 heterocycles. The van der Waals surface area contributed by atoms with Crippen LogP contribution in [-0.2, 0) is 9.53 Å². The number of carbonyl (C=O) groups excluding carboxylic acids is 1. The predicted molar refractivity (Wildman–Crippen MR) is 71.7 cm³/mol. The highest BCUT2D eigenvalue weighted by atomic mass is 35.5. The fourth-order valence-electron chi connectivity index (χ4n) is 2.58. The van der Waals surface area contributed by atoms with Gasteiger partial charge in [-0.1, -0.05) is 0 Å². The van der Waals surface area contributed by atoms with Crippen LogP contribution in [0.25, 0.3) is 0 Å². The summed E-state index contributed by atoms with van der Waals surface area (Å²) < 4.78 is 5.46. The van der Waals surface area contributed by atoms with Crippen LogP contribution in [0, 0.1) is 0 Å². The Labute approximate surface area is 112 Å². The molecule has 2 aliphatic rings. The van der Waals surface area contributed by atoms with Gasteiger partial charge in [0.25, 0.3) is 0 Å². The Morgan fingerprint density at radius 2 is 2.35 bits per heavy atom. The van der Waals surface area contributed by atoms with Crippen LogP contribution in [0.3, 0.4) is 0 Å². The van der Waals surface area contributed by atoms with Gasteiger partial charge in [-0.05, 0) is 32.4 Å². The van der Waals surface area contributed by atoms with Crippen LogP contribution in [0.15, 0.2) is 0 Å². The Morgan fingerprint density at radius 1 is 1.59 bits per heavy atom. The lowest BCUT2D eigenvalue weighted by molar-refractivity contribution is -0.145. The summed E-state index contributed by atoms with van der Waals surface area (Å²) in [4.78, 5) is 14.5. The zero-order chi connectivity index (χ0) is 12.5. The molecule has 3 atom stereocenters. The van der Waals surface area contributed by atoms with Gasteiger partial charge in [0.2, 0.25) is 5.91 Å². The summed E-state index contributed by atoms with van der Waals surface area (Å²) in [6.45, 7) is 5.41. The predicted octanol–water partition coefficient (Wildman–Crippen LogP) is 2.13. The van der Waals surface area contributed by atoms with Gasteiger partial charge in [0.1, 0.15) is 0 Å². The smallest absolute Gasteiger partial charge is 0.238 e. The van der Waals surface area contributed by atoms with Crippen molar-refractivity contribution >= 4 is 29.3 Å². The number of thioether (sulfide) groups is 1. The fourth-order valence-corrected chi connectivity index (χ4v) is 4.03. The molecule has 5 heteroatoms. The largest absolute Gasteiger partial charge is 0.370 e. The number of hydrogen-bond donors (Lipinski definition) is 0. The van der Waals surface area contributed by atoms with Gasteiger partial charge in [-0.3, -0.25) is 4.79 Å². The zero-order valence-corrected chi connectivity index (χ0v) is 12.0. The van der Waals surface area contributed by atoms with E-state index in [9.17, 15) is 4.79 Å². The Balaban J connectivity index is 2.03. The topological polar surface area (TPSA) is 29.5 Å². The second kappa shape index (κ2) is 5.37. The molecule has 0 spiro atoms. The molecular weight excluding hydrogens is 258 g/mol. The molecule has 3 unspecified atom stereocenters. The van der Waals surface area contributed by atoms with Gasteiger partial charge >= 0.3 is 0 Å². The highest BCUT2D eigenvalue weighted by Gasteiger charge is 2.42. The van der Waals surface area contributed by atoms with Gasteiger partial charge in [-0.15, -0.1) is 23.4 Å². The van der Waals surface area contributed by atoms with Gasteiger partial charge in [-0.2, -0.15) is 0 Å². The molecule has 0 N–H and O–H groups in total. The lowest BCUT2D eigenvalue weighted by Crippen LogP contribution is -2.54. The number of halogens is 1. The number of ether oxygens (including phenoxy) is 1. The molecule has 0 aliphatic carbocycles. The average Bonchev–Trinajstić information content (AvgIpc) is 2.75. The van der Waals surface area contributed by atoms with Crippen molar-refractivity contribution < 1.29 is 9.53 Å². The number of amides is 1. The molecule has 0 aromatic heterocycles. The van der Waals surface area contributed by atoms with Crippen LogP contribution in [0.1, 0.15) is 26.7 Å². The Bertz CT molecular complexity index is 294. The van der Waals surface area contributed by atoms with Gasteiger partial charge in [0.05, 0.1) is 22.8 Å². The van der Waals surface area contributed by atoms with Crippen LogP contribution in [0.2, 0.25) is 0 Å². The Morgan fingerprint density at radius 3 is 2.94 bits per heavy atom. The summed E-state index contributed by atoms with van der Waals surface area (Å²) in [5.74, 6) is 1.82. The molecule has 0 aromatic carbocycles. The number of carbonyl (C=O) groups is 1. The maximum absolute atomic E-state index is 12.5. The summed E-state index contributed by atoms with van der Waals surface area (Å²) in [6.07, 6.45) is 2.21. The first-order valence-electron chi connectivity index (χ1n) is 6.20. The van der Waals surface area contributed by atoms with E-state index in [1.165, 1.54) is 0 Å². The van der Waals surface area contributed by atoms with Gasteiger partial charge in [-0.25, -0.2) is 0 Å². The summed E-state index contributed by atoms with van der Waals surface area (Å²) in [5.41, 5.74) is 0. The number of nitrogens with zero attached hydrogens (tertiary/aromatic N) is 1. The summed E-state index contributed by atoms with van der Waals surface area (Å²) in [7, 11) is 0. The molecule has 17 heavy (non-hydrogen) atoms. The molecule has 0 bridgehead atoms. The van der Waals surface area contributed by atoms with E-state index in [4.69, 9.17) is 16.3 Å². The number of morpholine rings is 1. The molecule has 2 aliphatic heterocycles. The first kappa shape index (κ1) is 13.5. The molecule has 2 fully saturated rings. The summed E-state index contributed by atoms with van der Waals surface area (Å²) in [5, 5.41) is 0. The second-order valence-corrected chi connectivity index (χ2v) is 7.02. The van der Waals surface area contributed by atoms with Gasteiger partial charge in [0, 0.05) is 13.1 Å². The van der Waals surface area contributed by atoms with Crippen molar-refractivity contribution in [3.8, 4) is 0 Å². The standard InChI is InChI=1S/C12H20ClNO2S/c1-9-7-14(8-10(6-13)16-9)11(15)12(2)4-3-5-17-12/h9-10H,3-8H2,1-2H3. The maximum atomic E-state index is 12.5. The van der Waals surface area contributed by atoms with E-state index in [1.54, 1.807) is 11.8 Å². The fraction of sp³-hybridized carbons (Fsp3) is 0.917. The third-order valence-corrected chi connectivity index (χ3v) is 5.31. The van der Waals surface area contributed by atoms with Gasteiger partial charge < -0.3 is 9.64 Å². The molecule has 3 nitrogen and oxygen atoms in total. The van der Waals surface area contributed by atoms with E-state index in [0.717, 1.165) is 18.6 Å². The molecule has 98 valence electrons. The molecule has 2 saturated heterocycles. The van der Waals surface area contributed by atoms with Crippen LogP contribution in [0.4, 0.5) is 0 Å². The third-order valence-electron chi connectivity index (χ3n) is 3.46. The molecule has 0 radical (unpaired) electrons. The minimum atomic E-state index is -0.214. The van der Waals surface area contributed by atoms with Crippen LogP contribution >= 0.6 is 23.4 Å². The average molecular weight is 278 g/mol. The third kappa shape index (κ3) is 2.91. The van der Waals surface area contributed by atoms with E-state index in [2.05, 4.69) is 6.92 Å². The first-order chi connectivity index (χ1) is 8.05. The molecule has 2 rings (SSSR count). The quantitative estimate of drug-likeness (QED) is 0.724. The molecule has 0 aromatic rings. The number of rotatable bonds is 2. The van der Waals surface area contributed by atoms with Crippen LogP contribution in [-0.4, -0.2) is 52.5 Å². The SMILES string of the molecule is CC1CN(C(=O)C2(C)CCCS2)CC(CCl)O1. The summed E-state index contributed by atoms with van der Waals surface area (Å²) in [6, 6.07) is 0. The van der Waals surface area contributed by atoms with Crippen molar-refractivity contribution in [1.82, 2.24) is 4.90 Å². The Kier molecular flexibility index (Phi) is 4.26. The van der Waals surface area contributed by atoms with E-state index < -0.39 is 0 Å². The highest BCUT2D eigenvalue weighted by Crippen LogP contribution is 2.39. The van der Waals surface area contributed by atoms with Crippen LogP contribution in [0.5, 0.6) is 0 Å². The summed E-state index contributed by atoms with van der Waals surface area (Å²) >= 11 is 7.63. The van der Waals surface area contributed by atoms with Crippen molar-refractivity contribution in [2.45, 2.75) is 43.6 Å². The maximum Gasteiger partial charge on any atom is 0.238 e. The van der Waals surface area contributed by atoms with E-state index in [0.29, 0.717) is 19.0 Å². The lowest BCUT2D eigenvalue weighted by atomic mass is 10.0. The second-order valence-electron chi connectivity index (χ2n) is 5.12. The molecule has 1 amide bonds. The molecule has 0 saturated carbocycles. The Hall–Kier alpha value is 0.0700. The van der Waals surface area contributed by atoms with Crippen molar-refractivity contribution in [1.29, 1.82) is 0 Å². The van der Waals surface area contributed by atoms with Crippen LogP contribution < -0.4 is 0 Å². The van der Waals surface area contributed by atoms with Crippen molar-refractivity contribution in [2.24, 2.45) is 0 Å². The minimum Gasteiger partial charge on any atom is -0.370 e.